The van der Waals surface area contributed by atoms with Crippen molar-refractivity contribution in [1.82, 2.24) is 0 Å². The molecule has 0 heteroatoms. The van der Waals surface area contributed by atoms with Crippen molar-refractivity contribution >= 4 is 0 Å². The van der Waals surface area contributed by atoms with Gasteiger partial charge in [0.05, 0.1) is 0 Å². The molecule has 0 saturated heterocycles. The summed E-state index contributed by atoms with van der Waals surface area (Å²) in [4.78, 5) is 0. The fourth-order valence-electron chi connectivity index (χ4n) is 3.87. The molecule has 0 unspecified atom stereocenters. The fourth-order valence-corrected chi connectivity index (χ4v) is 3.87. The summed E-state index contributed by atoms with van der Waals surface area (Å²) in [5.74, 6) is 0. The third kappa shape index (κ3) is 4.99. The van der Waals surface area contributed by atoms with Crippen LogP contribution in [0.2, 0.25) is 0 Å². The maximum Gasteiger partial charge on any atom is -0.00195 e. The quantitative estimate of drug-likeness (QED) is 0.427. The van der Waals surface area contributed by atoms with Gasteiger partial charge in [-0.05, 0) is 70.0 Å². The third-order valence-electron chi connectivity index (χ3n) is 5.85. The first-order valence-electron chi connectivity index (χ1n) is 10.8. The van der Waals surface area contributed by atoms with Crippen LogP contribution in [0.15, 0.2) is 60.7 Å². The van der Waals surface area contributed by atoms with Crippen molar-refractivity contribution in [3.8, 4) is 11.1 Å². The zero-order chi connectivity index (χ0) is 21.4. The second kappa shape index (κ2) is 7.82. The lowest BCUT2D eigenvalue weighted by Gasteiger charge is -2.24. The molecule has 0 fully saturated rings. The number of aryl methyl sites for hydroxylation is 2. The summed E-state index contributed by atoms with van der Waals surface area (Å²) in [5, 5.41) is 0. The van der Waals surface area contributed by atoms with Crippen molar-refractivity contribution < 1.29 is 0 Å². The predicted octanol–water partition coefficient (Wildman–Crippen LogP) is 8.16. The maximum atomic E-state index is 2.43. The van der Waals surface area contributed by atoms with Gasteiger partial charge in [0.2, 0.25) is 0 Å². The normalized spacial score (nSPS) is 12.3. The van der Waals surface area contributed by atoms with Gasteiger partial charge in [0, 0.05) is 0 Å². The number of hydrogen-bond donors (Lipinski definition) is 0. The van der Waals surface area contributed by atoms with Gasteiger partial charge in [0.1, 0.15) is 0 Å². The highest BCUT2D eigenvalue weighted by molar-refractivity contribution is 5.73. The lowest BCUT2D eigenvalue weighted by Crippen LogP contribution is -2.13. The van der Waals surface area contributed by atoms with E-state index in [0.29, 0.717) is 0 Å². The van der Waals surface area contributed by atoms with E-state index in [9.17, 15) is 0 Å². The molecule has 3 aromatic carbocycles. The smallest absolute Gasteiger partial charge is 0.00195 e. The maximum absolute atomic E-state index is 2.43. The zero-order valence-corrected chi connectivity index (χ0v) is 19.5. The topological polar surface area (TPSA) is 0 Å². The van der Waals surface area contributed by atoms with Crippen molar-refractivity contribution in [3.05, 3.63) is 94.0 Å². The molecule has 0 nitrogen and oxygen atoms in total. The van der Waals surface area contributed by atoms with Crippen molar-refractivity contribution in [2.75, 3.05) is 0 Å². The van der Waals surface area contributed by atoms with E-state index in [1.54, 1.807) is 0 Å². The van der Waals surface area contributed by atoms with Gasteiger partial charge in [-0.3, -0.25) is 0 Å². The molecule has 0 spiro atoms. The summed E-state index contributed by atoms with van der Waals surface area (Å²) >= 11 is 0. The highest BCUT2D eigenvalue weighted by Crippen LogP contribution is 2.36. The van der Waals surface area contributed by atoms with Gasteiger partial charge < -0.3 is 0 Å². The van der Waals surface area contributed by atoms with E-state index in [0.717, 1.165) is 6.42 Å². The average Bonchev–Trinajstić information content (AvgIpc) is 2.61. The van der Waals surface area contributed by atoms with E-state index in [4.69, 9.17) is 0 Å². The van der Waals surface area contributed by atoms with Crippen LogP contribution in [0.5, 0.6) is 0 Å². The standard InChI is InChI=1S/C29H36/c1-20-10-9-11-22(16-20)17-23-13-15-25(29(6,7)8)19-27(23)26-18-24(28(3,4)5)14-12-21(26)2/h9-16,18-19H,17H2,1-8H3. The molecule has 3 aromatic rings. The van der Waals surface area contributed by atoms with Crippen molar-refractivity contribution in [2.45, 2.75) is 72.6 Å². The van der Waals surface area contributed by atoms with Gasteiger partial charge in [-0.25, -0.2) is 0 Å². The minimum absolute atomic E-state index is 0.131. The van der Waals surface area contributed by atoms with Crippen molar-refractivity contribution in [3.63, 3.8) is 0 Å². The third-order valence-corrected chi connectivity index (χ3v) is 5.85. The van der Waals surface area contributed by atoms with Gasteiger partial charge in [0.15, 0.2) is 0 Å². The molecule has 0 aliphatic carbocycles. The molecule has 0 heterocycles. The molecule has 0 aromatic heterocycles. The van der Waals surface area contributed by atoms with Crippen LogP contribution in [-0.2, 0) is 17.3 Å². The Balaban J connectivity index is 2.19. The summed E-state index contributed by atoms with van der Waals surface area (Å²) in [6, 6.07) is 23.0. The molecule has 29 heavy (non-hydrogen) atoms. The van der Waals surface area contributed by atoms with Crippen LogP contribution in [-0.4, -0.2) is 0 Å². The van der Waals surface area contributed by atoms with Crippen LogP contribution < -0.4 is 0 Å². The molecule has 0 amide bonds. The first-order valence-corrected chi connectivity index (χ1v) is 10.8. The summed E-state index contributed by atoms with van der Waals surface area (Å²) in [6.07, 6.45) is 0.959. The molecule has 0 N–H and O–H groups in total. The summed E-state index contributed by atoms with van der Waals surface area (Å²) < 4.78 is 0. The summed E-state index contributed by atoms with van der Waals surface area (Å²) in [6.45, 7) is 18.2. The molecule has 0 radical (unpaired) electrons. The molecular formula is C29H36. The summed E-state index contributed by atoms with van der Waals surface area (Å²) in [5.41, 5.74) is 11.2. The van der Waals surface area contributed by atoms with E-state index < -0.39 is 0 Å². The number of hydrogen-bond acceptors (Lipinski definition) is 0. The van der Waals surface area contributed by atoms with Crippen LogP contribution in [0.1, 0.15) is 74.9 Å². The second-order valence-corrected chi connectivity index (χ2v) is 10.6. The highest BCUT2D eigenvalue weighted by atomic mass is 14.2. The minimum Gasteiger partial charge on any atom is -0.0617 e. The molecule has 0 saturated carbocycles. The Hall–Kier alpha value is -2.34. The van der Waals surface area contributed by atoms with Crippen LogP contribution in [0.4, 0.5) is 0 Å². The lowest BCUT2D eigenvalue weighted by molar-refractivity contribution is 0.589. The van der Waals surface area contributed by atoms with Crippen LogP contribution >= 0.6 is 0 Å². The average molecular weight is 385 g/mol. The Kier molecular flexibility index (Phi) is 5.77. The van der Waals surface area contributed by atoms with Crippen molar-refractivity contribution in [1.29, 1.82) is 0 Å². The Morgan fingerprint density at radius 2 is 1.21 bits per heavy atom. The van der Waals surface area contributed by atoms with Gasteiger partial charge in [-0.2, -0.15) is 0 Å². The van der Waals surface area contributed by atoms with Crippen molar-refractivity contribution in [2.24, 2.45) is 0 Å². The molecule has 152 valence electrons. The van der Waals surface area contributed by atoms with Gasteiger partial charge >= 0.3 is 0 Å². The van der Waals surface area contributed by atoms with Crippen LogP contribution in [0.3, 0.4) is 0 Å². The Bertz CT molecular complexity index is 1010. The number of benzene rings is 3. The molecule has 0 aliphatic rings. The fraction of sp³-hybridized carbons (Fsp3) is 0.379. The van der Waals surface area contributed by atoms with E-state index in [1.807, 2.05) is 0 Å². The first kappa shape index (κ1) is 21.4. The Morgan fingerprint density at radius 1 is 0.621 bits per heavy atom. The van der Waals surface area contributed by atoms with Gasteiger partial charge in [-0.15, -0.1) is 0 Å². The van der Waals surface area contributed by atoms with E-state index in [1.165, 1.54) is 44.5 Å². The monoisotopic (exact) mass is 384 g/mol. The van der Waals surface area contributed by atoms with E-state index in [2.05, 4.69) is 116 Å². The summed E-state index contributed by atoms with van der Waals surface area (Å²) in [7, 11) is 0. The Morgan fingerprint density at radius 3 is 1.79 bits per heavy atom. The predicted molar refractivity (Wildman–Crippen MR) is 128 cm³/mol. The number of rotatable bonds is 3. The molecule has 3 rings (SSSR count). The van der Waals surface area contributed by atoms with E-state index >= 15 is 0 Å². The largest absolute Gasteiger partial charge is 0.0617 e. The Labute approximate surface area is 178 Å². The molecule has 0 aliphatic heterocycles. The lowest BCUT2D eigenvalue weighted by atomic mass is 9.80. The second-order valence-electron chi connectivity index (χ2n) is 10.6. The minimum atomic E-state index is 0.131. The molecule has 0 atom stereocenters. The van der Waals surface area contributed by atoms with Gasteiger partial charge in [0.25, 0.3) is 0 Å². The first-order chi connectivity index (χ1) is 13.4. The molecule has 0 bridgehead atoms. The zero-order valence-electron chi connectivity index (χ0n) is 19.5. The van der Waals surface area contributed by atoms with Gasteiger partial charge in [-0.1, -0.05) is 108 Å². The SMILES string of the molecule is Cc1cccc(Cc2ccc(C(C)(C)C)cc2-c2cc(C(C)(C)C)ccc2C)c1. The highest BCUT2D eigenvalue weighted by Gasteiger charge is 2.19. The van der Waals surface area contributed by atoms with E-state index in [-0.39, 0.29) is 10.8 Å². The van der Waals surface area contributed by atoms with Crippen LogP contribution in [0, 0.1) is 13.8 Å². The van der Waals surface area contributed by atoms with Crippen LogP contribution in [0.25, 0.3) is 11.1 Å². The molecular weight excluding hydrogens is 348 g/mol.